The van der Waals surface area contributed by atoms with Gasteiger partial charge in [-0.05, 0) is 36.9 Å². The molecule has 2 rings (SSSR count). The lowest BCUT2D eigenvalue weighted by Gasteiger charge is -2.26. The van der Waals surface area contributed by atoms with Crippen LogP contribution in [-0.4, -0.2) is 19.6 Å². The van der Waals surface area contributed by atoms with Gasteiger partial charge in [0.25, 0.3) is 0 Å². The van der Waals surface area contributed by atoms with Gasteiger partial charge < -0.3 is 14.5 Å². The molecule has 1 saturated carbocycles. The Morgan fingerprint density at radius 3 is 2.89 bits per heavy atom. The molecule has 3 atom stereocenters. The van der Waals surface area contributed by atoms with Gasteiger partial charge >= 0.3 is 5.97 Å². The number of ether oxygens (including phenoxy) is 1. The largest absolute Gasteiger partial charge is 0.463 e. The van der Waals surface area contributed by atoms with E-state index < -0.39 is 5.97 Å². The van der Waals surface area contributed by atoms with Crippen LogP contribution in [-0.2, 0) is 4.74 Å². The van der Waals surface area contributed by atoms with Crippen LogP contribution >= 0.6 is 0 Å². The summed E-state index contributed by atoms with van der Waals surface area (Å²) in [5, 5.41) is 3.50. The quantitative estimate of drug-likeness (QED) is 0.831. The summed E-state index contributed by atoms with van der Waals surface area (Å²) in [4.78, 5) is 11.5. The van der Waals surface area contributed by atoms with E-state index in [1.807, 2.05) is 6.07 Å². The summed E-state index contributed by atoms with van der Waals surface area (Å²) in [6.45, 7) is 5.28. The van der Waals surface area contributed by atoms with Gasteiger partial charge in [0.15, 0.2) is 0 Å². The fourth-order valence-electron chi connectivity index (χ4n) is 3.08. The summed E-state index contributed by atoms with van der Waals surface area (Å²) < 4.78 is 10.4. The Labute approximate surface area is 114 Å². The molecular weight excluding hydrogens is 242 g/mol. The van der Waals surface area contributed by atoms with Crippen molar-refractivity contribution in [2.45, 2.75) is 39.2 Å². The molecule has 0 amide bonds. The third-order valence-electron chi connectivity index (χ3n) is 4.10. The standard InChI is InChI=1S/C15H23NO3/c1-4-16-14(11-7-5-6-10(11)2)12-8-9-13(19-12)15(17)18-3/h8-11,14,16H,4-7H2,1-3H3. The van der Waals surface area contributed by atoms with Crippen LogP contribution in [0.3, 0.4) is 0 Å². The summed E-state index contributed by atoms with van der Waals surface area (Å²) in [7, 11) is 1.37. The summed E-state index contributed by atoms with van der Waals surface area (Å²) >= 11 is 0. The number of nitrogens with one attached hydrogen (secondary N) is 1. The highest BCUT2D eigenvalue weighted by Gasteiger charge is 2.33. The smallest absolute Gasteiger partial charge is 0.373 e. The van der Waals surface area contributed by atoms with E-state index in [2.05, 4.69) is 23.9 Å². The summed E-state index contributed by atoms with van der Waals surface area (Å²) in [6.07, 6.45) is 3.77. The Morgan fingerprint density at radius 2 is 2.32 bits per heavy atom. The Hall–Kier alpha value is -1.29. The van der Waals surface area contributed by atoms with Crippen molar-refractivity contribution in [1.82, 2.24) is 5.32 Å². The van der Waals surface area contributed by atoms with Gasteiger partial charge in [-0.15, -0.1) is 0 Å². The molecular formula is C15H23NO3. The molecule has 4 heteroatoms. The number of furan rings is 1. The van der Waals surface area contributed by atoms with E-state index in [9.17, 15) is 4.79 Å². The van der Waals surface area contributed by atoms with Crippen molar-refractivity contribution < 1.29 is 13.9 Å². The van der Waals surface area contributed by atoms with Crippen LogP contribution in [0.1, 0.15) is 55.5 Å². The third-order valence-corrected chi connectivity index (χ3v) is 4.10. The first-order chi connectivity index (χ1) is 9.17. The summed E-state index contributed by atoms with van der Waals surface area (Å²) in [5.41, 5.74) is 0. The zero-order valence-corrected chi connectivity index (χ0v) is 11.9. The molecule has 1 fully saturated rings. The van der Waals surface area contributed by atoms with Crippen LogP contribution in [0.4, 0.5) is 0 Å². The maximum absolute atomic E-state index is 11.5. The molecule has 4 nitrogen and oxygen atoms in total. The van der Waals surface area contributed by atoms with Crippen LogP contribution in [0.25, 0.3) is 0 Å². The molecule has 1 aliphatic rings. The van der Waals surface area contributed by atoms with Crippen LogP contribution < -0.4 is 5.32 Å². The topological polar surface area (TPSA) is 51.5 Å². The van der Waals surface area contributed by atoms with Crippen LogP contribution in [0.15, 0.2) is 16.5 Å². The fourth-order valence-corrected chi connectivity index (χ4v) is 3.08. The monoisotopic (exact) mass is 265 g/mol. The molecule has 0 aromatic carbocycles. The average molecular weight is 265 g/mol. The van der Waals surface area contributed by atoms with E-state index in [1.165, 1.54) is 26.4 Å². The highest BCUT2D eigenvalue weighted by Crippen LogP contribution is 2.40. The van der Waals surface area contributed by atoms with E-state index in [-0.39, 0.29) is 11.8 Å². The molecule has 0 saturated heterocycles. The fraction of sp³-hybridized carbons (Fsp3) is 0.667. The summed E-state index contributed by atoms with van der Waals surface area (Å²) in [5.74, 6) is 1.99. The molecule has 1 aromatic rings. The number of methoxy groups -OCH3 is 1. The van der Waals surface area contributed by atoms with E-state index >= 15 is 0 Å². The second-order valence-corrected chi connectivity index (χ2v) is 5.30. The molecule has 1 aliphatic carbocycles. The molecule has 3 unspecified atom stereocenters. The van der Waals surface area contributed by atoms with Gasteiger partial charge in [0.1, 0.15) is 5.76 Å². The molecule has 0 bridgehead atoms. The number of carbonyl (C=O) groups is 1. The number of esters is 1. The normalized spacial score (nSPS) is 24.4. The second kappa shape index (κ2) is 6.24. The van der Waals surface area contributed by atoms with Crippen LogP contribution in [0.2, 0.25) is 0 Å². The lowest BCUT2D eigenvalue weighted by atomic mass is 9.89. The molecule has 106 valence electrons. The van der Waals surface area contributed by atoms with E-state index in [1.54, 1.807) is 6.07 Å². The van der Waals surface area contributed by atoms with Crippen molar-refractivity contribution in [3.05, 3.63) is 23.7 Å². The molecule has 0 aliphatic heterocycles. The maximum atomic E-state index is 11.5. The van der Waals surface area contributed by atoms with Gasteiger partial charge in [0, 0.05) is 0 Å². The number of rotatable bonds is 5. The van der Waals surface area contributed by atoms with Gasteiger partial charge in [0.2, 0.25) is 5.76 Å². The van der Waals surface area contributed by atoms with E-state index in [0.29, 0.717) is 11.8 Å². The number of hydrogen-bond acceptors (Lipinski definition) is 4. The Bertz CT molecular complexity index is 427. The molecule has 19 heavy (non-hydrogen) atoms. The predicted molar refractivity (Wildman–Crippen MR) is 73.0 cm³/mol. The second-order valence-electron chi connectivity index (χ2n) is 5.30. The molecule has 1 N–H and O–H groups in total. The summed E-state index contributed by atoms with van der Waals surface area (Å²) in [6, 6.07) is 3.79. The van der Waals surface area contributed by atoms with Crippen molar-refractivity contribution in [3.63, 3.8) is 0 Å². The lowest BCUT2D eigenvalue weighted by molar-refractivity contribution is 0.0560. The van der Waals surface area contributed by atoms with Gasteiger partial charge in [0.05, 0.1) is 13.2 Å². The van der Waals surface area contributed by atoms with Crippen LogP contribution in [0, 0.1) is 11.8 Å². The zero-order valence-electron chi connectivity index (χ0n) is 11.9. The van der Waals surface area contributed by atoms with Crippen molar-refractivity contribution in [3.8, 4) is 0 Å². The minimum absolute atomic E-state index is 0.195. The highest BCUT2D eigenvalue weighted by molar-refractivity contribution is 5.86. The molecule has 1 aromatic heterocycles. The number of carbonyl (C=O) groups excluding carboxylic acids is 1. The van der Waals surface area contributed by atoms with Crippen molar-refractivity contribution in [2.75, 3.05) is 13.7 Å². The highest BCUT2D eigenvalue weighted by atomic mass is 16.5. The molecule has 0 spiro atoms. The Morgan fingerprint density at radius 1 is 1.53 bits per heavy atom. The molecule has 0 radical (unpaired) electrons. The van der Waals surface area contributed by atoms with E-state index in [4.69, 9.17) is 4.42 Å². The third kappa shape index (κ3) is 3.00. The minimum Gasteiger partial charge on any atom is -0.463 e. The lowest BCUT2D eigenvalue weighted by Crippen LogP contribution is -2.29. The maximum Gasteiger partial charge on any atom is 0.373 e. The zero-order chi connectivity index (χ0) is 13.8. The first-order valence-electron chi connectivity index (χ1n) is 7.08. The minimum atomic E-state index is -0.416. The van der Waals surface area contributed by atoms with Gasteiger partial charge in [-0.25, -0.2) is 4.79 Å². The van der Waals surface area contributed by atoms with Crippen molar-refractivity contribution in [1.29, 1.82) is 0 Å². The van der Waals surface area contributed by atoms with Crippen LogP contribution in [0.5, 0.6) is 0 Å². The average Bonchev–Trinajstić information content (AvgIpc) is 3.04. The molecule has 1 heterocycles. The van der Waals surface area contributed by atoms with Crippen molar-refractivity contribution in [2.24, 2.45) is 11.8 Å². The first kappa shape index (κ1) is 14.1. The van der Waals surface area contributed by atoms with Gasteiger partial charge in [-0.1, -0.05) is 26.7 Å². The Balaban J connectivity index is 2.18. The van der Waals surface area contributed by atoms with Crippen molar-refractivity contribution >= 4 is 5.97 Å². The first-order valence-corrected chi connectivity index (χ1v) is 7.08. The Kier molecular flexibility index (Phi) is 4.64. The van der Waals surface area contributed by atoms with E-state index in [0.717, 1.165) is 12.3 Å². The van der Waals surface area contributed by atoms with Gasteiger partial charge in [-0.3, -0.25) is 0 Å². The van der Waals surface area contributed by atoms with Gasteiger partial charge in [-0.2, -0.15) is 0 Å². The number of hydrogen-bond donors (Lipinski definition) is 1. The predicted octanol–water partition coefficient (Wildman–Crippen LogP) is 3.15. The SMILES string of the molecule is CCNC(c1ccc(C(=O)OC)o1)C1CCCC1C.